The van der Waals surface area contributed by atoms with Gasteiger partial charge in [-0.05, 0) is 92.6 Å². The summed E-state index contributed by atoms with van der Waals surface area (Å²) in [5.41, 5.74) is 2.89. The molecule has 0 atom stereocenters. The van der Waals surface area contributed by atoms with Crippen molar-refractivity contribution >= 4 is 0 Å². The maximum absolute atomic E-state index is 2.46. The molecule has 0 spiro atoms. The number of allylic oxidation sites excluding steroid dienone is 2. The van der Waals surface area contributed by atoms with E-state index in [9.17, 15) is 0 Å². The summed E-state index contributed by atoms with van der Waals surface area (Å²) in [7, 11) is 0. The van der Waals surface area contributed by atoms with Crippen LogP contribution in [0, 0.1) is 23.7 Å². The van der Waals surface area contributed by atoms with Crippen molar-refractivity contribution in [1.29, 1.82) is 0 Å². The molecule has 0 heterocycles. The summed E-state index contributed by atoms with van der Waals surface area (Å²) in [4.78, 5) is 0. The van der Waals surface area contributed by atoms with Crippen LogP contribution in [0.15, 0.2) is 36.4 Å². The van der Waals surface area contributed by atoms with Crippen LogP contribution in [0.2, 0.25) is 0 Å². The highest BCUT2D eigenvalue weighted by molar-refractivity contribution is 5.24. The normalized spacial score (nSPS) is 29.9. The van der Waals surface area contributed by atoms with Crippen LogP contribution in [0.25, 0.3) is 0 Å². The van der Waals surface area contributed by atoms with Crippen LogP contribution < -0.4 is 0 Å². The highest BCUT2D eigenvalue weighted by Gasteiger charge is 2.30. The lowest BCUT2D eigenvalue weighted by atomic mass is 9.68. The fourth-order valence-corrected chi connectivity index (χ4v) is 5.38. The molecule has 1 aromatic rings. The third-order valence-electron chi connectivity index (χ3n) is 7.45. The number of hydrogen-bond acceptors (Lipinski definition) is 0. The third-order valence-corrected chi connectivity index (χ3v) is 7.45. The smallest absolute Gasteiger partial charge is 0.00975 e. The lowest BCUT2D eigenvalue weighted by Crippen LogP contribution is -2.25. The van der Waals surface area contributed by atoms with Gasteiger partial charge in [-0.25, -0.2) is 0 Å². The number of benzene rings is 1. The summed E-state index contributed by atoms with van der Waals surface area (Å²) < 4.78 is 0. The molecule has 144 valence electrons. The summed E-state index contributed by atoms with van der Waals surface area (Å²) in [6.07, 6.45) is 21.9. The number of aryl methyl sites for hydroxylation is 1. The minimum atomic E-state index is 0.956. The van der Waals surface area contributed by atoms with Crippen LogP contribution in [-0.4, -0.2) is 0 Å². The van der Waals surface area contributed by atoms with Gasteiger partial charge in [0.1, 0.15) is 0 Å². The van der Waals surface area contributed by atoms with E-state index >= 15 is 0 Å². The summed E-state index contributed by atoms with van der Waals surface area (Å²) >= 11 is 0. The Balaban J connectivity index is 1.33. The zero-order chi connectivity index (χ0) is 18.2. The molecular formula is C26H40. The molecule has 1 aromatic carbocycles. The lowest BCUT2D eigenvalue weighted by Gasteiger charge is -2.37. The topological polar surface area (TPSA) is 0 Å². The van der Waals surface area contributed by atoms with Gasteiger partial charge in [-0.2, -0.15) is 0 Å². The summed E-state index contributed by atoms with van der Waals surface area (Å²) in [6, 6.07) is 9.14. The fourth-order valence-electron chi connectivity index (χ4n) is 5.38. The van der Waals surface area contributed by atoms with Crippen molar-refractivity contribution in [2.45, 2.75) is 90.9 Å². The van der Waals surface area contributed by atoms with Gasteiger partial charge in [0.2, 0.25) is 0 Å². The van der Waals surface area contributed by atoms with Crippen LogP contribution >= 0.6 is 0 Å². The van der Waals surface area contributed by atoms with E-state index in [1.807, 2.05) is 0 Å². The monoisotopic (exact) mass is 352 g/mol. The first-order chi connectivity index (χ1) is 12.8. The van der Waals surface area contributed by atoms with Crippen molar-refractivity contribution in [1.82, 2.24) is 0 Å². The molecule has 2 aliphatic carbocycles. The lowest BCUT2D eigenvalue weighted by molar-refractivity contribution is 0.145. The fraction of sp³-hybridized carbons (Fsp3) is 0.692. The van der Waals surface area contributed by atoms with E-state index in [-0.39, 0.29) is 0 Å². The van der Waals surface area contributed by atoms with Crippen molar-refractivity contribution in [2.75, 3.05) is 0 Å². The molecular weight excluding hydrogens is 312 g/mol. The Morgan fingerprint density at radius 1 is 0.692 bits per heavy atom. The Kier molecular flexibility index (Phi) is 7.84. The van der Waals surface area contributed by atoms with Crippen molar-refractivity contribution in [3.05, 3.63) is 47.5 Å². The Hall–Kier alpha value is -1.04. The van der Waals surface area contributed by atoms with Crippen molar-refractivity contribution < 1.29 is 0 Å². The summed E-state index contributed by atoms with van der Waals surface area (Å²) in [5.74, 6) is 4.13. The third kappa shape index (κ3) is 5.73. The summed E-state index contributed by atoms with van der Waals surface area (Å²) in [6.45, 7) is 4.60. The van der Waals surface area contributed by atoms with Crippen LogP contribution in [-0.2, 0) is 12.8 Å². The minimum absolute atomic E-state index is 0.956. The summed E-state index contributed by atoms with van der Waals surface area (Å²) in [5, 5.41) is 0. The number of rotatable bonds is 7. The van der Waals surface area contributed by atoms with Crippen molar-refractivity contribution in [3.63, 3.8) is 0 Å². The molecule has 0 aliphatic heterocycles. The molecule has 0 aromatic heterocycles. The van der Waals surface area contributed by atoms with E-state index in [0.29, 0.717) is 0 Å². The van der Waals surface area contributed by atoms with Gasteiger partial charge < -0.3 is 0 Å². The molecule has 2 aliphatic rings. The second-order valence-corrected chi connectivity index (χ2v) is 9.05. The standard InChI is InChI=1S/C26H40/c1-3-21-9-11-23(12-10-21)7-5-6-8-24-15-19-26(20-16-24)25-17-13-22(4-2)14-18-25/h5-6,9-12,22,24-26H,3-4,7-8,13-20H2,1-2H3. The largest absolute Gasteiger partial charge is 0.0879 e. The van der Waals surface area contributed by atoms with Gasteiger partial charge in [-0.15, -0.1) is 0 Å². The van der Waals surface area contributed by atoms with E-state index in [4.69, 9.17) is 0 Å². The van der Waals surface area contributed by atoms with Gasteiger partial charge in [0, 0.05) is 0 Å². The molecule has 0 amide bonds. The zero-order valence-electron chi connectivity index (χ0n) is 17.3. The van der Waals surface area contributed by atoms with Gasteiger partial charge in [-0.3, -0.25) is 0 Å². The Morgan fingerprint density at radius 3 is 1.77 bits per heavy atom. The molecule has 0 heteroatoms. The molecule has 0 N–H and O–H groups in total. The molecule has 2 fully saturated rings. The van der Waals surface area contributed by atoms with Gasteiger partial charge >= 0.3 is 0 Å². The van der Waals surface area contributed by atoms with E-state index in [0.717, 1.165) is 36.5 Å². The molecule has 0 radical (unpaired) electrons. The Morgan fingerprint density at radius 2 is 1.23 bits per heavy atom. The quantitative estimate of drug-likeness (QED) is 0.440. The van der Waals surface area contributed by atoms with E-state index < -0.39 is 0 Å². The van der Waals surface area contributed by atoms with Crippen molar-refractivity contribution in [2.24, 2.45) is 23.7 Å². The van der Waals surface area contributed by atoms with E-state index in [1.165, 1.54) is 75.3 Å². The first kappa shape index (κ1) is 19.7. The van der Waals surface area contributed by atoms with Crippen LogP contribution in [0.1, 0.15) is 89.2 Å². The second-order valence-electron chi connectivity index (χ2n) is 9.05. The molecule has 2 saturated carbocycles. The molecule has 0 unspecified atom stereocenters. The predicted octanol–water partition coefficient (Wildman–Crippen LogP) is 7.76. The van der Waals surface area contributed by atoms with Crippen molar-refractivity contribution in [3.8, 4) is 0 Å². The van der Waals surface area contributed by atoms with Crippen LogP contribution in [0.3, 0.4) is 0 Å². The van der Waals surface area contributed by atoms with Crippen LogP contribution in [0.5, 0.6) is 0 Å². The van der Waals surface area contributed by atoms with E-state index in [1.54, 1.807) is 0 Å². The van der Waals surface area contributed by atoms with Gasteiger partial charge in [0.05, 0.1) is 0 Å². The molecule has 0 bridgehead atoms. The van der Waals surface area contributed by atoms with Gasteiger partial charge in [-0.1, -0.05) is 69.5 Å². The highest BCUT2D eigenvalue weighted by atomic mass is 14.4. The second kappa shape index (κ2) is 10.3. The predicted molar refractivity (Wildman–Crippen MR) is 114 cm³/mol. The molecule has 0 nitrogen and oxygen atoms in total. The molecule has 3 rings (SSSR count). The SMILES string of the molecule is CCc1ccc(CC=CCC2CCC(C3CCC(CC)CC3)CC2)cc1. The highest BCUT2D eigenvalue weighted by Crippen LogP contribution is 2.42. The molecule has 0 saturated heterocycles. The number of hydrogen-bond donors (Lipinski definition) is 0. The first-order valence-corrected chi connectivity index (χ1v) is 11.5. The maximum atomic E-state index is 2.46. The average molecular weight is 353 g/mol. The maximum Gasteiger partial charge on any atom is -0.00975 e. The van der Waals surface area contributed by atoms with E-state index in [2.05, 4.69) is 50.3 Å². The molecule has 26 heavy (non-hydrogen) atoms. The van der Waals surface area contributed by atoms with Gasteiger partial charge in [0.15, 0.2) is 0 Å². The Labute approximate surface area is 162 Å². The van der Waals surface area contributed by atoms with Gasteiger partial charge in [0.25, 0.3) is 0 Å². The Bertz CT molecular complexity index is 522. The first-order valence-electron chi connectivity index (χ1n) is 11.5. The average Bonchev–Trinajstić information content (AvgIpc) is 2.72. The minimum Gasteiger partial charge on any atom is -0.0879 e. The van der Waals surface area contributed by atoms with Crippen LogP contribution in [0.4, 0.5) is 0 Å². The zero-order valence-corrected chi connectivity index (χ0v) is 17.3.